The summed E-state index contributed by atoms with van der Waals surface area (Å²) < 4.78 is 24.8. The zero-order valence-electron chi connectivity index (χ0n) is 14.7. The first-order chi connectivity index (χ1) is 11.6. The Morgan fingerprint density at radius 2 is 1.96 bits per heavy atom. The highest BCUT2D eigenvalue weighted by molar-refractivity contribution is 5.85. The Morgan fingerprint density at radius 1 is 1.32 bits per heavy atom. The minimum absolute atomic E-state index is 0.176. The largest absolute Gasteiger partial charge is 0.479 e. The predicted molar refractivity (Wildman–Crippen MR) is 88.9 cm³/mol. The maximum Gasteiger partial charge on any atom is 0.411 e. The van der Waals surface area contributed by atoms with Crippen molar-refractivity contribution in [1.82, 2.24) is 4.90 Å². The highest BCUT2D eigenvalue weighted by Gasteiger charge is 2.55. The molecule has 0 aromatic heterocycles. The fourth-order valence-corrected chi connectivity index (χ4v) is 2.79. The number of aliphatic carboxylic acids is 1. The molecule has 0 bridgehead atoms. The molecule has 1 aromatic rings. The first-order valence-electron chi connectivity index (χ1n) is 8.14. The summed E-state index contributed by atoms with van der Waals surface area (Å²) in [7, 11) is 0. The maximum absolute atomic E-state index is 14.0. The first kappa shape index (κ1) is 19.2. The highest BCUT2D eigenvalue weighted by atomic mass is 19.1. The molecule has 1 aliphatic heterocycles. The number of ether oxygens (including phenoxy) is 2. The van der Waals surface area contributed by atoms with E-state index in [9.17, 15) is 19.1 Å². The van der Waals surface area contributed by atoms with Crippen molar-refractivity contribution in [3.8, 4) is 0 Å². The van der Waals surface area contributed by atoms with Crippen molar-refractivity contribution in [2.45, 2.75) is 51.1 Å². The minimum Gasteiger partial charge on any atom is -0.479 e. The van der Waals surface area contributed by atoms with Crippen LogP contribution >= 0.6 is 0 Å². The number of amides is 1. The van der Waals surface area contributed by atoms with Crippen molar-refractivity contribution in [1.29, 1.82) is 0 Å². The van der Waals surface area contributed by atoms with Crippen LogP contribution in [-0.2, 0) is 20.9 Å². The molecule has 0 radical (unpaired) electrons. The third-order valence-electron chi connectivity index (χ3n) is 3.92. The third kappa shape index (κ3) is 4.69. The summed E-state index contributed by atoms with van der Waals surface area (Å²) in [4.78, 5) is 25.2. The molecule has 1 saturated heterocycles. The summed E-state index contributed by atoms with van der Waals surface area (Å²) in [5, 5.41) is 9.70. The van der Waals surface area contributed by atoms with Crippen LogP contribution in [0.5, 0.6) is 0 Å². The molecule has 1 fully saturated rings. The Morgan fingerprint density at radius 3 is 2.52 bits per heavy atom. The number of rotatable bonds is 5. The van der Waals surface area contributed by atoms with Crippen LogP contribution in [0.2, 0.25) is 0 Å². The molecule has 6 nitrogen and oxygen atoms in total. The van der Waals surface area contributed by atoms with E-state index in [-0.39, 0.29) is 26.2 Å². The quantitative estimate of drug-likeness (QED) is 0.881. The molecule has 0 spiro atoms. The van der Waals surface area contributed by atoms with E-state index in [0.29, 0.717) is 0 Å². The summed E-state index contributed by atoms with van der Waals surface area (Å²) in [5.41, 5.74) is -1.71. The third-order valence-corrected chi connectivity index (χ3v) is 3.92. The van der Waals surface area contributed by atoms with E-state index in [1.807, 2.05) is 30.3 Å². The molecule has 25 heavy (non-hydrogen) atoms. The molecule has 1 N–H and O–H groups in total. The summed E-state index contributed by atoms with van der Waals surface area (Å²) in [6, 6.07) is 9.21. The van der Waals surface area contributed by atoms with Gasteiger partial charge in [-0.05, 0) is 26.3 Å². The van der Waals surface area contributed by atoms with Gasteiger partial charge in [0.25, 0.3) is 0 Å². The van der Waals surface area contributed by atoms with Crippen LogP contribution in [0.1, 0.15) is 32.8 Å². The van der Waals surface area contributed by atoms with Gasteiger partial charge in [0.2, 0.25) is 0 Å². The molecular formula is C18H24FNO5. The van der Waals surface area contributed by atoms with Crippen LogP contribution < -0.4 is 0 Å². The lowest BCUT2D eigenvalue weighted by molar-refractivity contribution is -0.154. The van der Waals surface area contributed by atoms with Crippen molar-refractivity contribution < 1.29 is 28.6 Å². The van der Waals surface area contributed by atoms with Crippen LogP contribution in [0, 0.1) is 0 Å². The van der Waals surface area contributed by atoms with E-state index in [2.05, 4.69) is 0 Å². The SMILES string of the molecule is CC(C)(C)OC(=O)N1C[C@@H](F)C[C@@]1(COCc1ccccc1)C(=O)O. The van der Waals surface area contributed by atoms with Crippen molar-refractivity contribution >= 4 is 12.1 Å². The van der Waals surface area contributed by atoms with E-state index in [4.69, 9.17) is 9.47 Å². The van der Waals surface area contributed by atoms with Gasteiger partial charge in [-0.2, -0.15) is 0 Å². The number of hydrogen-bond acceptors (Lipinski definition) is 4. The summed E-state index contributed by atoms with van der Waals surface area (Å²) in [6.07, 6.45) is -2.61. The molecule has 1 aliphatic rings. The Hall–Kier alpha value is -2.15. The zero-order chi connectivity index (χ0) is 18.7. The molecule has 0 aliphatic carbocycles. The number of nitrogens with zero attached hydrogens (tertiary/aromatic N) is 1. The fraction of sp³-hybridized carbons (Fsp3) is 0.556. The van der Waals surface area contributed by atoms with E-state index in [1.165, 1.54) is 0 Å². The van der Waals surface area contributed by atoms with Gasteiger partial charge in [0.15, 0.2) is 5.54 Å². The molecule has 1 aromatic carbocycles. The Labute approximate surface area is 146 Å². The predicted octanol–water partition coefficient (Wildman–Crippen LogP) is 3.01. The van der Waals surface area contributed by atoms with Gasteiger partial charge < -0.3 is 14.6 Å². The van der Waals surface area contributed by atoms with E-state index in [1.54, 1.807) is 20.8 Å². The average Bonchev–Trinajstić information content (AvgIpc) is 2.85. The molecule has 7 heteroatoms. The maximum atomic E-state index is 14.0. The van der Waals surface area contributed by atoms with Crippen LogP contribution in [0.15, 0.2) is 30.3 Å². The number of hydrogen-bond donors (Lipinski definition) is 1. The summed E-state index contributed by atoms with van der Waals surface area (Å²) >= 11 is 0. The van der Waals surface area contributed by atoms with Gasteiger partial charge in [-0.15, -0.1) is 0 Å². The second kappa shape index (κ2) is 7.39. The number of carboxylic acid groups (broad SMARTS) is 1. The fourth-order valence-electron chi connectivity index (χ4n) is 2.79. The topological polar surface area (TPSA) is 76.1 Å². The highest BCUT2D eigenvalue weighted by Crippen LogP contribution is 2.34. The Kier molecular flexibility index (Phi) is 5.67. The number of halogens is 1. The van der Waals surface area contributed by atoms with Crippen LogP contribution in [-0.4, -0.2) is 52.5 Å². The van der Waals surface area contributed by atoms with Crippen molar-refractivity contribution in [3.63, 3.8) is 0 Å². The van der Waals surface area contributed by atoms with Gasteiger partial charge in [0.1, 0.15) is 11.8 Å². The molecule has 2 atom stereocenters. The second-order valence-electron chi connectivity index (χ2n) is 7.21. The van der Waals surface area contributed by atoms with E-state index >= 15 is 0 Å². The number of carbonyl (C=O) groups is 2. The lowest BCUT2D eigenvalue weighted by Gasteiger charge is -2.35. The van der Waals surface area contributed by atoms with Gasteiger partial charge in [-0.25, -0.2) is 14.0 Å². The lowest BCUT2D eigenvalue weighted by atomic mass is 9.97. The Bertz CT molecular complexity index is 616. The number of benzene rings is 1. The smallest absolute Gasteiger partial charge is 0.411 e. The van der Waals surface area contributed by atoms with E-state index < -0.39 is 29.4 Å². The Balaban J connectivity index is 2.14. The van der Waals surface area contributed by atoms with Crippen molar-refractivity contribution in [2.24, 2.45) is 0 Å². The molecule has 1 heterocycles. The first-order valence-corrected chi connectivity index (χ1v) is 8.14. The second-order valence-corrected chi connectivity index (χ2v) is 7.21. The lowest BCUT2D eigenvalue weighted by Crippen LogP contribution is -2.57. The zero-order valence-corrected chi connectivity index (χ0v) is 14.7. The van der Waals surface area contributed by atoms with Crippen molar-refractivity contribution in [2.75, 3.05) is 13.2 Å². The normalized spacial score (nSPS) is 23.5. The molecule has 1 amide bonds. The van der Waals surface area contributed by atoms with Gasteiger partial charge in [-0.1, -0.05) is 30.3 Å². The van der Waals surface area contributed by atoms with Gasteiger partial charge in [0.05, 0.1) is 19.8 Å². The monoisotopic (exact) mass is 353 g/mol. The van der Waals surface area contributed by atoms with Crippen LogP contribution in [0.3, 0.4) is 0 Å². The van der Waals surface area contributed by atoms with Crippen LogP contribution in [0.25, 0.3) is 0 Å². The average molecular weight is 353 g/mol. The number of likely N-dealkylation sites (tertiary alicyclic amines) is 1. The standard InChI is InChI=1S/C18H24FNO5/c1-17(2,3)25-16(23)20-10-14(19)9-18(20,15(21)22)12-24-11-13-7-5-4-6-8-13/h4-8,14H,9-12H2,1-3H3,(H,21,22)/t14-,18+/m0/s1. The molecular weight excluding hydrogens is 329 g/mol. The van der Waals surface area contributed by atoms with Gasteiger partial charge in [-0.3, -0.25) is 4.90 Å². The molecule has 0 saturated carbocycles. The minimum atomic E-state index is -1.77. The molecule has 0 unspecified atom stereocenters. The van der Waals surface area contributed by atoms with Crippen molar-refractivity contribution in [3.05, 3.63) is 35.9 Å². The summed E-state index contributed by atoms with van der Waals surface area (Å²) in [5.74, 6) is -1.30. The van der Waals surface area contributed by atoms with Gasteiger partial charge in [0, 0.05) is 6.42 Å². The number of carboxylic acids is 1. The molecule has 138 valence electrons. The van der Waals surface area contributed by atoms with Crippen LogP contribution in [0.4, 0.5) is 9.18 Å². The van der Waals surface area contributed by atoms with E-state index in [0.717, 1.165) is 10.5 Å². The molecule has 2 rings (SSSR count). The number of alkyl halides is 1. The summed E-state index contributed by atoms with van der Waals surface area (Å²) in [6.45, 7) is 4.55. The van der Waals surface area contributed by atoms with Gasteiger partial charge >= 0.3 is 12.1 Å². The number of carbonyl (C=O) groups excluding carboxylic acids is 1.